The molecular weight excluding hydrogens is 407 g/mol. The maximum atomic E-state index is 14.5. The molecule has 3 heterocycles. The van der Waals surface area contributed by atoms with Gasteiger partial charge in [0.05, 0.1) is 16.8 Å². The van der Waals surface area contributed by atoms with Gasteiger partial charge in [0.25, 0.3) is 5.89 Å². The summed E-state index contributed by atoms with van der Waals surface area (Å²) in [5.74, 6) is -1.75. The molecule has 1 saturated heterocycles. The first-order chi connectivity index (χ1) is 15.0. The van der Waals surface area contributed by atoms with Crippen molar-refractivity contribution in [2.75, 3.05) is 25.5 Å². The number of H-pyrrole nitrogens is 1. The van der Waals surface area contributed by atoms with Crippen molar-refractivity contribution in [2.45, 2.75) is 18.9 Å². The Kier molecular flexibility index (Phi) is 4.90. The second-order valence-electron chi connectivity index (χ2n) is 7.83. The lowest BCUT2D eigenvalue weighted by Crippen LogP contribution is -2.36. The van der Waals surface area contributed by atoms with Crippen molar-refractivity contribution in [3.63, 3.8) is 0 Å². The van der Waals surface area contributed by atoms with Crippen molar-refractivity contribution in [3.05, 3.63) is 53.8 Å². The molecule has 31 heavy (non-hydrogen) atoms. The summed E-state index contributed by atoms with van der Waals surface area (Å²) in [6.45, 7) is 1.93. The minimum atomic E-state index is -0.742. The number of fused-ring (bicyclic) bond motifs is 1. The van der Waals surface area contributed by atoms with Crippen molar-refractivity contribution in [2.24, 2.45) is 0 Å². The topological polar surface area (TPSA) is 70.0 Å². The van der Waals surface area contributed by atoms with Crippen LogP contribution in [0.3, 0.4) is 0 Å². The van der Waals surface area contributed by atoms with E-state index in [9.17, 15) is 13.2 Å². The summed E-state index contributed by atoms with van der Waals surface area (Å²) in [7, 11) is 2.08. The minimum Gasteiger partial charge on any atom is -0.403 e. The summed E-state index contributed by atoms with van der Waals surface area (Å²) >= 11 is 0. The van der Waals surface area contributed by atoms with Crippen molar-refractivity contribution in [1.82, 2.24) is 20.1 Å². The summed E-state index contributed by atoms with van der Waals surface area (Å²) in [6.07, 6.45) is 1.89. The van der Waals surface area contributed by atoms with Crippen LogP contribution < -0.4 is 5.32 Å². The quantitative estimate of drug-likeness (QED) is 0.489. The molecule has 2 N–H and O–H groups in total. The van der Waals surface area contributed by atoms with Crippen LogP contribution in [0.1, 0.15) is 12.8 Å². The fourth-order valence-corrected chi connectivity index (χ4v) is 3.99. The van der Waals surface area contributed by atoms with Gasteiger partial charge in [-0.3, -0.25) is 0 Å². The first-order valence-corrected chi connectivity index (χ1v) is 10.0. The molecule has 2 aromatic carbocycles. The van der Waals surface area contributed by atoms with Gasteiger partial charge in [-0.25, -0.2) is 13.2 Å². The molecular formula is C22H20F3N5O. The predicted octanol–water partition coefficient (Wildman–Crippen LogP) is 4.81. The van der Waals surface area contributed by atoms with Crippen molar-refractivity contribution < 1.29 is 17.6 Å². The zero-order valence-corrected chi connectivity index (χ0v) is 16.8. The van der Waals surface area contributed by atoms with Crippen LogP contribution >= 0.6 is 0 Å². The third-order valence-electron chi connectivity index (χ3n) is 5.64. The Morgan fingerprint density at radius 3 is 2.52 bits per heavy atom. The number of nitrogens with one attached hydrogen (secondary N) is 2. The average molecular weight is 427 g/mol. The van der Waals surface area contributed by atoms with Crippen LogP contribution in [0.25, 0.3) is 33.6 Å². The second-order valence-corrected chi connectivity index (χ2v) is 7.83. The molecule has 160 valence electrons. The minimum absolute atomic E-state index is 0.110. The number of aromatic amines is 1. The largest absolute Gasteiger partial charge is 0.403 e. The number of hydrogen-bond donors (Lipinski definition) is 2. The number of rotatable bonds is 4. The van der Waals surface area contributed by atoms with E-state index in [4.69, 9.17) is 4.42 Å². The average Bonchev–Trinajstić information content (AvgIpc) is 3.35. The normalized spacial score (nSPS) is 15.6. The molecule has 1 fully saturated rings. The van der Waals surface area contributed by atoms with Crippen molar-refractivity contribution >= 4 is 16.9 Å². The van der Waals surface area contributed by atoms with Crippen LogP contribution in [-0.2, 0) is 0 Å². The molecule has 0 spiro atoms. The highest BCUT2D eigenvalue weighted by Crippen LogP contribution is 2.39. The van der Waals surface area contributed by atoms with Crippen LogP contribution in [0.5, 0.6) is 0 Å². The first-order valence-electron chi connectivity index (χ1n) is 10.0. The Balaban J connectivity index is 1.58. The molecule has 0 atom stereocenters. The molecule has 0 saturated carbocycles. The third kappa shape index (κ3) is 3.76. The Hall–Kier alpha value is -3.33. The highest BCUT2D eigenvalue weighted by atomic mass is 19.1. The number of piperidine rings is 1. The highest BCUT2D eigenvalue weighted by Gasteiger charge is 2.24. The van der Waals surface area contributed by atoms with Crippen LogP contribution in [-0.4, -0.2) is 46.3 Å². The van der Waals surface area contributed by atoms with Crippen LogP contribution in [0.15, 0.2) is 40.8 Å². The van der Waals surface area contributed by atoms with E-state index in [2.05, 4.69) is 32.4 Å². The molecule has 2 aromatic heterocycles. The van der Waals surface area contributed by atoms with Gasteiger partial charge in [0.2, 0.25) is 0 Å². The van der Waals surface area contributed by atoms with Crippen molar-refractivity contribution in [3.8, 4) is 22.7 Å². The van der Waals surface area contributed by atoms with Gasteiger partial charge in [0, 0.05) is 17.5 Å². The van der Waals surface area contributed by atoms with E-state index >= 15 is 0 Å². The fourth-order valence-electron chi connectivity index (χ4n) is 3.99. The summed E-state index contributed by atoms with van der Waals surface area (Å²) in [5.41, 5.74) is 1.49. The zero-order valence-electron chi connectivity index (χ0n) is 16.8. The van der Waals surface area contributed by atoms with Gasteiger partial charge < -0.3 is 19.6 Å². The van der Waals surface area contributed by atoms with Crippen LogP contribution in [0, 0.1) is 17.5 Å². The Labute approximate surface area is 176 Å². The maximum absolute atomic E-state index is 14.5. The van der Waals surface area contributed by atoms with E-state index in [1.54, 1.807) is 12.1 Å². The molecule has 0 unspecified atom stereocenters. The molecule has 0 amide bonds. The standard InChI is InChI=1S/C22H20F3N5O/c1-30-8-6-15(7-9-30)26-22-29-28-21(31-22)18-16-10-14(24)11-17(25)20(16)27-19(18)12-2-4-13(23)5-3-12/h2-5,10-11,15,27H,6-9H2,1H3,(H,26,29). The van der Waals surface area contributed by atoms with E-state index in [0.29, 0.717) is 16.8 Å². The monoisotopic (exact) mass is 427 g/mol. The number of hydrogen-bond acceptors (Lipinski definition) is 5. The molecule has 0 radical (unpaired) electrons. The SMILES string of the molecule is CN1CCC(Nc2nnc(-c3c(-c4ccc(F)cc4)[nH]c4c(F)cc(F)cc34)o2)CC1. The first kappa shape index (κ1) is 19.6. The van der Waals surface area contributed by atoms with Gasteiger partial charge in [-0.2, -0.15) is 0 Å². The Morgan fingerprint density at radius 1 is 1.03 bits per heavy atom. The van der Waals surface area contributed by atoms with Crippen LogP contribution in [0.4, 0.5) is 19.2 Å². The molecule has 0 aliphatic carbocycles. The Morgan fingerprint density at radius 2 is 1.77 bits per heavy atom. The fraction of sp³-hybridized carbons (Fsp3) is 0.273. The molecule has 1 aliphatic rings. The third-order valence-corrected chi connectivity index (χ3v) is 5.64. The smallest absolute Gasteiger partial charge is 0.315 e. The highest BCUT2D eigenvalue weighted by molar-refractivity contribution is 6.02. The molecule has 5 rings (SSSR count). The Bertz CT molecular complexity index is 1230. The zero-order chi connectivity index (χ0) is 21.5. The summed E-state index contributed by atoms with van der Waals surface area (Å²) in [4.78, 5) is 5.22. The van der Waals surface area contributed by atoms with E-state index < -0.39 is 17.5 Å². The number of anilines is 1. The van der Waals surface area contributed by atoms with E-state index in [0.717, 1.165) is 32.0 Å². The number of likely N-dealkylation sites (tertiary alicyclic amines) is 1. The predicted molar refractivity (Wildman–Crippen MR) is 111 cm³/mol. The van der Waals surface area contributed by atoms with Gasteiger partial charge in [0.15, 0.2) is 0 Å². The number of halogens is 3. The van der Waals surface area contributed by atoms with Gasteiger partial charge >= 0.3 is 6.01 Å². The van der Waals surface area contributed by atoms with Gasteiger partial charge in [-0.05, 0) is 68.9 Å². The van der Waals surface area contributed by atoms with Crippen LogP contribution in [0.2, 0.25) is 0 Å². The maximum Gasteiger partial charge on any atom is 0.315 e. The van der Waals surface area contributed by atoms with Gasteiger partial charge in [0.1, 0.15) is 17.5 Å². The molecule has 1 aliphatic heterocycles. The summed E-state index contributed by atoms with van der Waals surface area (Å²) < 4.78 is 47.8. The molecule has 6 nitrogen and oxygen atoms in total. The summed E-state index contributed by atoms with van der Waals surface area (Å²) in [5, 5.41) is 11.7. The van der Waals surface area contributed by atoms with Crippen molar-refractivity contribution in [1.29, 1.82) is 0 Å². The van der Waals surface area contributed by atoms with E-state index in [1.807, 2.05) is 0 Å². The van der Waals surface area contributed by atoms with Gasteiger partial charge in [-0.15, -0.1) is 5.10 Å². The number of nitrogens with zero attached hydrogens (tertiary/aromatic N) is 3. The molecule has 9 heteroatoms. The second kappa shape index (κ2) is 7.73. The lowest BCUT2D eigenvalue weighted by Gasteiger charge is -2.28. The molecule has 0 bridgehead atoms. The van der Waals surface area contributed by atoms with E-state index in [-0.39, 0.29) is 28.9 Å². The lowest BCUT2D eigenvalue weighted by atomic mass is 10.0. The summed E-state index contributed by atoms with van der Waals surface area (Å²) in [6, 6.07) is 8.16. The van der Waals surface area contributed by atoms with E-state index in [1.165, 1.54) is 18.2 Å². The number of benzene rings is 2. The number of aromatic nitrogens is 3. The van der Waals surface area contributed by atoms with Gasteiger partial charge in [-0.1, -0.05) is 5.10 Å². The molecule has 4 aromatic rings. The lowest BCUT2D eigenvalue weighted by molar-refractivity contribution is 0.262.